The lowest BCUT2D eigenvalue weighted by molar-refractivity contribution is -0.0461. The van der Waals surface area contributed by atoms with Gasteiger partial charge in [-0.25, -0.2) is 0 Å². The molecule has 2 fully saturated rings. The predicted octanol–water partition coefficient (Wildman–Crippen LogP) is 1.29. The normalized spacial score (nSPS) is 25.4. The smallest absolute Gasteiger partial charge is 0.251 e. The predicted molar refractivity (Wildman–Crippen MR) is 79.7 cm³/mol. The number of nitrogens with zero attached hydrogens (tertiary/aromatic N) is 1. The summed E-state index contributed by atoms with van der Waals surface area (Å²) in [4.78, 5) is 14.6. The van der Waals surface area contributed by atoms with Gasteiger partial charge in [-0.15, -0.1) is 0 Å². The van der Waals surface area contributed by atoms with Crippen LogP contribution in [-0.2, 0) is 4.74 Å². The molecule has 21 heavy (non-hydrogen) atoms. The van der Waals surface area contributed by atoms with E-state index < -0.39 is 0 Å². The van der Waals surface area contributed by atoms with E-state index in [2.05, 4.69) is 10.2 Å². The zero-order valence-electron chi connectivity index (χ0n) is 12.4. The Morgan fingerprint density at radius 1 is 1.52 bits per heavy atom. The number of rotatable bonds is 4. The van der Waals surface area contributed by atoms with Gasteiger partial charge in [0, 0.05) is 24.7 Å². The third kappa shape index (κ3) is 3.36. The minimum Gasteiger partial charge on any atom is -0.497 e. The maximum atomic E-state index is 12.1. The van der Waals surface area contributed by atoms with Gasteiger partial charge in [0.2, 0.25) is 0 Å². The molecule has 114 valence electrons. The van der Waals surface area contributed by atoms with E-state index in [1.165, 1.54) is 12.8 Å². The zero-order valence-corrected chi connectivity index (χ0v) is 12.4. The molecule has 0 bridgehead atoms. The summed E-state index contributed by atoms with van der Waals surface area (Å²) in [6.07, 6.45) is 2.59. The minimum absolute atomic E-state index is 0.0824. The standard InChI is InChI=1S/C16H22N2O3/c1-20-14-6-2-4-12(8-14)16(19)17-9-15-10-18-7-3-5-13(18)11-21-15/h2,4,6,8,13,15H,3,5,7,9-11H2,1H3,(H,17,19)/t13-,15-/m1/s1. The molecule has 1 aromatic carbocycles. The molecule has 0 aromatic heterocycles. The fourth-order valence-electron chi connectivity index (χ4n) is 3.08. The first kappa shape index (κ1) is 14.4. The number of morpholine rings is 1. The lowest BCUT2D eigenvalue weighted by Crippen LogP contribution is -2.50. The summed E-state index contributed by atoms with van der Waals surface area (Å²) in [5.41, 5.74) is 0.615. The van der Waals surface area contributed by atoms with Crippen molar-refractivity contribution in [1.82, 2.24) is 10.2 Å². The summed E-state index contributed by atoms with van der Waals surface area (Å²) in [5.74, 6) is 0.609. The Hall–Kier alpha value is -1.59. The largest absolute Gasteiger partial charge is 0.497 e. The fourth-order valence-corrected chi connectivity index (χ4v) is 3.08. The molecule has 1 aromatic rings. The van der Waals surface area contributed by atoms with E-state index in [0.717, 1.165) is 19.7 Å². The molecular weight excluding hydrogens is 268 g/mol. The van der Waals surface area contributed by atoms with Gasteiger partial charge >= 0.3 is 0 Å². The molecule has 5 heteroatoms. The van der Waals surface area contributed by atoms with Crippen LogP contribution in [0.2, 0.25) is 0 Å². The van der Waals surface area contributed by atoms with Crippen molar-refractivity contribution < 1.29 is 14.3 Å². The monoisotopic (exact) mass is 290 g/mol. The summed E-state index contributed by atoms with van der Waals surface area (Å²) >= 11 is 0. The van der Waals surface area contributed by atoms with Crippen LogP contribution >= 0.6 is 0 Å². The lowest BCUT2D eigenvalue weighted by Gasteiger charge is -2.35. The van der Waals surface area contributed by atoms with Gasteiger partial charge in [-0.2, -0.15) is 0 Å². The van der Waals surface area contributed by atoms with Crippen LogP contribution in [0.5, 0.6) is 5.75 Å². The lowest BCUT2D eigenvalue weighted by atomic mass is 10.1. The molecule has 0 radical (unpaired) electrons. The average Bonchev–Trinajstić information content (AvgIpc) is 3.00. The molecule has 0 spiro atoms. The van der Waals surface area contributed by atoms with Crippen molar-refractivity contribution in [3.63, 3.8) is 0 Å². The number of hydrogen-bond donors (Lipinski definition) is 1. The van der Waals surface area contributed by atoms with Crippen molar-refractivity contribution in [2.45, 2.75) is 25.0 Å². The van der Waals surface area contributed by atoms with E-state index in [4.69, 9.17) is 9.47 Å². The van der Waals surface area contributed by atoms with Gasteiger partial charge < -0.3 is 14.8 Å². The Bertz CT molecular complexity index is 506. The maximum absolute atomic E-state index is 12.1. The Morgan fingerprint density at radius 3 is 3.29 bits per heavy atom. The summed E-state index contributed by atoms with van der Waals surface area (Å²) in [6, 6.07) is 7.77. The van der Waals surface area contributed by atoms with Gasteiger partial charge in [-0.3, -0.25) is 9.69 Å². The van der Waals surface area contributed by atoms with Crippen LogP contribution in [0.25, 0.3) is 0 Å². The number of carbonyl (C=O) groups excluding carboxylic acids is 1. The molecule has 2 atom stereocenters. The zero-order chi connectivity index (χ0) is 14.7. The summed E-state index contributed by atoms with van der Waals surface area (Å²) in [5, 5.41) is 2.95. The van der Waals surface area contributed by atoms with Crippen molar-refractivity contribution in [1.29, 1.82) is 0 Å². The molecule has 3 rings (SSSR count). The van der Waals surface area contributed by atoms with E-state index in [1.54, 1.807) is 19.2 Å². The van der Waals surface area contributed by atoms with Crippen molar-refractivity contribution in [2.24, 2.45) is 0 Å². The quantitative estimate of drug-likeness (QED) is 0.908. The highest BCUT2D eigenvalue weighted by Gasteiger charge is 2.32. The number of fused-ring (bicyclic) bond motifs is 1. The van der Waals surface area contributed by atoms with Crippen molar-refractivity contribution >= 4 is 5.91 Å². The van der Waals surface area contributed by atoms with Crippen LogP contribution in [0.15, 0.2) is 24.3 Å². The van der Waals surface area contributed by atoms with Crippen molar-refractivity contribution in [3.05, 3.63) is 29.8 Å². The van der Waals surface area contributed by atoms with E-state index in [1.807, 2.05) is 12.1 Å². The molecule has 2 heterocycles. The molecule has 2 aliphatic rings. The molecule has 1 N–H and O–H groups in total. The number of amides is 1. The number of ether oxygens (including phenoxy) is 2. The highest BCUT2D eigenvalue weighted by atomic mass is 16.5. The van der Waals surface area contributed by atoms with Crippen molar-refractivity contribution in [3.8, 4) is 5.75 Å². The van der Waals surface area contributed by atoms with Gasteiger partial charge in [0.15, 0.2) is 0 Å². The fraction of sp³-hybridized carbons (Fsp3) is 0.562. The highest BCUT2D eigenvalue weighted by molar-refractivity contribution is 5.94. The Kier molecular flexibility index (Phi) is 4.41. The van der Waals surface area contributed by atoms with Gasteiger partial charge in [0.1, 0.15) is 5.75 Å². The second kappa shape index (κ2) is 6.45. The van der Waals surface area contributed by atoms with Gasteiger partial charge in [0.05, 0.1) is 19.8 Å². The van der Waals surface area contributed by atoms with Crippen LogP contribution in [0.1, 0.15) is 23.2 Å². The van der Waals surface area contributed by atoms with Crippen molar-refractivity contribution in [2.75, 3.05) is 33.4 Å². The van der Waals surface area contributed by atoms with Crippen LogP contribution in [-0.4, -0.2) is 56.3 Å². The van der Waals surface area contributed by atoms with Crippen LogP contribution in [0, 0.1) is 0 Å². The number of nitrogens with one attached hydrogen (secondary N) is 1. The molecule has 0 saturated carbocycles. The first-order valence-electron chi connectivity index (χ1n) is 7.54. The number of hydrogen-bond acceptors (Lipinski definition) is 4. The summed E-state index contributed by atoms with van der Waals surface area (Å²) < 4.78 is 11.0. The number of benzene rings is 1. The SMILES string of the molecule is COc1cccc(C(=O)NC[C@@H]2CN3CCC[C@@H]3CO2)c1. The minimum atomic E-state index is -0.0824. The van der Waals surface area contributed by atoms with Crippen LogP contribution in [0.3, 0.4) is 0 Å². The molecule has 0 aliphatic carbocycles. The number of methoxy groups -OCH3 is 1. The van der Waals surface area contributed by atoms with Gasteiger partial charge in [0.25, 0.3) is 5.91 Å². The molecule has 0 unspecified atom stereocenters. The van der Waals surface area contributed by atoms with E-state index in [0.29, 0.717) is 23.9 Å². The second-order valence-electron chi connectivity index (χ2n) is 5.69. The van der Waals surface area contributed by atoms with Crippen LogP contribution in [0.4, 0.5) is 0 Å². The summed E-state index contributed by atoms with van der Waals surface area (Å²) in [7, 11) is 1.60. The van der Waals surface area contributed by atoms with Gasteiger partial charge in [-0.1, -0.05) is 6.07 Å². The third-order valence-electron chi connectivity index (χ3n) is 4.28. The average molecular weight is 290 g/mol. The first-order chi connectivity index (χ1) is 10.3. The second-order valence-corrected chi connectivity index (χ2v) is 5.69. The molecular formula is C16H22N2O3. The summed E-state index contributed by atoms with van der Waals surface area (Å²) in [6.45, 7) is 3.43. The van der Waals surface area contributed by atoms with Crippen LogP contribution < -0.4 is 10.1 Å². The topological polar surface area (TPSA) is 50.8 Å². The van der Waals surface area contributed by atoms with Gasteiger partial charge in [-0.05, 0) is 37.6 Å². The molecule has 2 saturated heterocycles. The molecule has 1 amide bonds. The number of carbonyl (C=O) groups is 1. The first-order valence-corrected chi connectivity index (χ1v) is 7.54. The van der Waals surface area contributed by atoms with E-state index in [-0.39, 0.29) is 12.0 Å². The van der Waals surface area contributed by atoms with E-state index >= 15 is 0 Å². The Morgan fingerprint density at radius 2 is 2.43 bits per heavy atom. The third-order valence-corrected chi connectivity index (χ3v) is 4.28. The van der Waals surface area contributed by atoms with E-state index in [9.17, 15) is 4.79 Å². The maximum Gasteiger partial charge on any atom is 0.251 e. The molecule has 2 aliphatic heterocycles. The molecule has 5 nitrogen and oxygen atoms in total. The highest BCUT2D eigenvalue weighted by Crippen LogP contribution is 2.22. The Labute approximate surface area is 125 Å². The Balaban J connectivity index is 1.51.